The van der Waals surface area contributed by atoms with E-state index >= 15 is 0 Å². The van der Waals surface area contributed by atoms with E-state index in [2.05, 4.69) is 12.6 Å². The minimum atomic E-state index is -0.354. The van der Waals surface area contributed by atoms with Crippen LogP contribution < -0.4 is 4.74 Å². The number of carbonyl (C=O) groups is 1. The second-order valence-electron chi connectivity index (χ2n) is 2.79. The number of ether oxygens (including phenoxy) is 2. The van der Waals surface area contributed by atoms with Gasteiger partial charge in [0.1, 0.15) is 11.3 Å². The van der Waals surface area contributed by atoms with Crippen molar-refractivity contribution >= 4 is 18.6 Å². The van der Waals surface area contributed by atoms with Crippen LogP contribution in [0.25, 0.3) is 0 Å². The van der Waals surface area contributed by atoms with Crippen molar-refractivity contribution in [3.63, 3.8) is 0 Å². The van der Waals surface area contributed by atoms with Crippen molar-refractivity contribution in [2.45, 2.75) is 6.92 Å². The van der Waals surface area contributed by atoms with Gasteiger partial charge in [-0.1, -0.05) is 12.1 Å². The second kappa shape index (κ2) is 6.35. The van der Waals surface area contributed by atoms with Crippen LogP contribution in [0, 0.1) is 0 Å². The fourth-order valence-electron chi connectivity index (χ4n) is 1.13. The maximum absolute atomic E-state index is 11.5. The molecule has 0 amide bonds. The normalized spacial score (nSPS) is 9.73. The first-order chi connectivity index (χ1) is 7.29. The van der Waals surface area contributed by atoms with Crippen LogP contribution in [0.5, 0.6) is 5.75 Å². The summed E-state index contributed by atoms with van der Waals surface area (Å²) in [5.41, 5.74) is 0.459. The molecule has 0 aliphatic heterocycles. The van der Waals surface area contributed by atoms with E-state index in [1.807, 2.05) is 6.07 Å². The first-order valence-corrected chi connectivity index (χ1v) is 5.42. The Kier molecular flexibility index (Phi) is 5.04. The molecule has 1 aromatic rings. The van der Waals surface area contributed by atoms with E-state index in [0.717, 1.165) is 0 Å². The van der Waals surface area contributed by atoms with Gasteiger partial charge in [0.25, 0.3) is 0 Å². The summed E-state index contributed by atoms with van der Waals surface area (Å²) >= 11 is 4.04. The Labute approximate surface area is 94.8 Å². The molecule has 1 aromatic carbocycles. The zero-order valence-corrected chi connectivity index (χ0v) is 9.50. The standard InChI is InChI=1S/C11H14O3S/c1-2-13-11(12)9-5-3-4-6-10(9)14-7-8-15/h3-6,15H,2,7-8H2,1H3. The van der Waals surface area contributed by atoms with Crippen LogP contribution in [-0.4, -0.2) is 24.9 Å². The van der Waals surface area contributed by atoms with E-state index in [9.17, 15) is 4.79 Å². The van der Waals surface area contributed by atoms with Gasteiger partial charge in [0.15, 0.2) is 0 Å². The molecule has 1 rings (SSSR count). The molecule has 0 aliphatic rings. The molecule has 0 N–H and O–H groups in total. The summed E-state index contributed by atoms with van der Waals surface area (Å²) in [6.07, 6.45) is 0. The van der Waals surface area contributed by atoms with Crippen LogP contribution in [0.2, 0.25) is 0 Å². The number of rotatable bonds is 5. The van der Waals surface area contributed by atoms with Crippen LogP contribution in [0.15, 0.2) is 24.3 Å². The molecule has 0 heterocycles. The summed E-state index contributed by atoms with van der Waals surface area (Å²) in [5, 5.41) is 0. The first-order valence-electron chi connectivity index (χ1n) is 4.79. The summed E-state index contributed by atoms with van der Waals surface area (Å²) in [6, 6.07) is 7.03. The van der Waals surface area contributed by atoms with Crippen LogP contribution in [0.3, 0.4) is 0 Å². The Hall–Kier alpha value is -1.16. The number of thiol groups is 1. The van der Waals surface area contributed by atoms with Crippen molar-refractivity contribution in [3.8, 4) is 5.75 Å². The van der Waals surface area contributed by atoms with Crippen molar-refractivity contribution in [2.75, 3.05) is 19.0 Å². The molecule has 0 fully saturated rings. The van der Waals surface area contributed by atoms with Crippen molar-refractivity contribution in [1.29, 1.82) is 0 Å². The molecular weight excluding hydrogens is 212 g/mol. The molecule has 0 atom stereocenters. The molecule has 15 heavy (non-hydrogen) atoms. The van der Waals surface area contributed by atoms with Gasteiger partial charge in [-0.25, -0.2) is 4.79 Å². The Morgan fingerprint density at radius 3 is 2.80 bits per heavy atom. The van der Waals surface area contributed by atoms with Crippen molar-refractivity contribution in [3.05, 3.63) is 29.8 Å². The van der Waals surface area contributed by atoms with E-state index in [-0.39, 0.29) is 5.97 Å². The summed E-state index contributed by atoms with van der Waals surface area (Å²) in [5.74, 6) is 0.800. The molecular formula is C11H14O3S. The van der Waals surface area contributed by atoms with Crippen molar-refractivity contribution in [2.24, 2.45) is 0 Å². The number of benzene rings is 1. The van der Waals surface area contributed by atoms with E-state index in [0.29, 0.717) is 30.3 Å². The predicted molar refractivity (Wildman–Crippen MR) is 61.7 cm³/mol. The molecule has 0 radical (unpaired) electrons. The summed E-state index contributed by atoms with van der Waals surface area (Å²) in [7, 11) is 0. The highest BCUT2D eigenvalue weighted by atomic mass is 32.1. The van der Waals surface area contributed by atoms with Crippen LogP contribution in [-0.2, 0) is 4.74 Å². The molecule has 0 aromatic heterocycles. The van der Waals surface area contributed by atoms with Gasteiger partial charge >= 0.3 is 5.97 Å². The highest BCUT2D eigenvalue weighted by Gasteiger charge is 2.12. The topological polar surface area (TPSA) is 35.5 Å². The van der Waals surface area contributed by atoms with Gasteiger partial charge in [-0.05, 0) is 19.1 Å². The SMILES string of the molecule is CCOC(=O)c1ccccc1OCCS. The monoisotopic (exact) mass is 226 g/mol. The average Bonchev–Trinajstić information content (AvgIpc) is 2.27. The highest BCUT2D eigenvalue weighted by Crippen LogP contribution is 2.18. The fraction of sp³-hybridized carbons (Fsp3) is 0.364. The van der Waals surface area contributed by atoms with Crippen LogP contribution in [0.1, 0.15) is 17.3 Å². The molecule has 4 heteroatoms. The Bertz CT molecular complexity index is 325. The van der Waals surface area contributed by atoms with Gasteiger partial charge in [0.2, 0.25) is 0 Å². The Balaban J connectivity index is 2.80. The molecule has 0 unspecified atom stereocenters. The molecule has 82 valence electrons. The number of hydrogen-bond donors (Lipinski definition) is 1. The van der Waals surface area contributed by atoms with E-state index in [1.54, 1.807) is 25.1 Å². The van der Waals surface area contributed by atoms with E-state index < -0.39 is 0 Å². The maximum atomic E-state index is 11.5. The number of carbonyl (C=O) groups excluding carboxylic acids is 1. The third-order valence-electron chi connectivity index (χ3n) is 1.73. The Morgan fingerprint density at radius 1 is 1.40 bits per heavy atom. The number of para-hydroxylation sites is 1. The number of esters is 1. The first kappa shape index (κ1) is 11.9. The lowest BCUT2D eigenvalue weighted by Crippen LogP contribution is -2.08. The van der Waals surface area contributed by atoms with Gasteiger partial charge < -0.3 is 9.47 Å². The van der Waals surface area contributed by atoms with Gasteiger partial charge in [0.05, 0.1) is 13.2 Å². The summed E-state index contributed by atoms with van der Waals surface area (Å²) < 4.78 is 10.3. The second-order valence-corrected chi connectivity index (χ2v) is 3.24. The third-order valence-corrected chi connectivity index (χ3v) is 1.91. The van der Waals surface area contributed by atoms with Gasteiger partial charge in [-0.3, -0.25) is 0 Å². The molecule has 0 saturated carbocycles. The predicted octanol–water partition coefficient (Wildman–Crippen LogP) is 2.17. The average molecular weight is 226 g/mol. The van der Waals surface area contributed by atoms with E-state index in [4.69, 9.17) is 9.47 Å². The summed E-state index contributed by atoms with van der Waals surface area (Å²) in [6.45, 7) is 2.61. The lowest BCUT2D eigenvalue weighted by molar-refractivity contribution is 0.0522. The smallest absolute Gasteiger partial charge is 0.341 e. The lowest BCUT2D eigenvalue weighted by atomic mass is 10.2. The minimum Gasteiger partial charge on any atom is -0.492 e. The zero-order chi connectivity index (χ0) is 11.1. The van der Waals surface area contributed by atoms with E-state index in [1.165, 1.54) is 0 Å². The molecule has 0 aliphatic carbocycles. The quantitative estimate of drug-likeness (QED) is 0.617. The molecule has 0 saturated heterocycles. The molecule has 0 spiro atoms. The lowest BCUT2D eigenvalue weighted by Gasteiger charge is -2.09. The largest absolute Gasteiger partial charge is 0.492 e. The number of hydrogen-bond acceptors (Lipinski definition) is 4. The molecule has 3 nitrogen and oxygen atoms in total. The summed E-state index contributed by atoms with van der Waals surface area (Å²) in [4.78, 5) is 11.5. The van der Waals surface area contributed by atoms with Gasteiger partial charge in [-0.15, -0.1) is 0 Å². The van der Waals surface area contributed by atoms with Crippen LogP contribution >= 0.6 is 12.6 Å². The van der Waals surface area contributed by atoms with Crippen molar-refractivity contribution in [1.82, 2.24) is 0 Å². The minimum absolute atomic E-state index is 0.354. The van der Waals surface area contributed by atoms with Crippen molar-refractivity contribution < 1.29 is 14.3 Å². The highest BCUT2D eigenvalue weighted by molar-refractivity contribution is 7.80. The maximum Gasteiger partial charge on any atom is 0.341 e. The molecule has 0 bridgehead atoms. The zero-order valence-electron chi connectivity index (χ0n) is 8.60. The van der Waals surface area contributed by atoms with Gasteiger partial charge in [-0.2, -0.15) is 12.6 Å². The fourth-order valence-corrected chi connectivity index (χ4v) is 1.22. The Morgan fingerprint density at radius 2 is 2.13 bits per heavy atom. The van der Waals surface area contributed by atoms with Gasteiger partial charge in [0, 0.05) is 5.75 Å². The van der Waals surface area contributed by atoms with Crippen LogP contribution in [0.4, 0.5) is 0 Å². The third kappa shape index (κ3) is 3.47.